The van der Waals surface area contributed by atoms with Crippen LogP contribution in [0.5, 0.6) is 0 Å². The van der Waals surface area contributed by atoms with Gasteiger partial charge in [-0.3, -0.25) is 9.69 Å². The van der Waals surface area contributed by atoms with Crippen molar-refractivity contribution in [3.05, 3.63) is 53.6 Å². The number of nitriles is 1. The zero-order chi connectivity index (χ0) is 23.0. The zero-order valence-corrected chi connectivity index (χ0v) is 18.7. The van der Waals surface area contributed by atoms with E-state index in [4.69, 9.17) is 9.89 Å². The summed E-state index contributed by atoms with van der Waals surface area (Å²) >= 11 is 0. The van der Waals surface area contributed by atoms with E-state index in [1.165, 1.54) is 24.3 Å². The second-order valence-electron chi connectivity index (χ2n) is 8.61. The van der Waals surface area contributed by atoms with E-state index in [9.17, 15) is 13.2 Å². The minimum atomic E-state index is -3.39. The van der Waals surface area contributed by atoms with Gasteiger partial charge in [0.05, 0.1) is 22.3 Å². The Hall–Kier alpha value is -3.29. The van der Waals surface area contributed by atoms with Crippen molar-refractivity contribution in [1.29, 1.82) is 5.26 Å². The molecule has 5 rings (SSSR count). The number of nitrogens with zero attached hydrogens (tertiary/aromatic N) is 5. The summed E-state index contributed by atoms with van der Waals surface area (Å²) in [7, 11) is -3.39. The molecule has 0 saturated carbocycles. The van der Waals surface area contributed by atoms with Crippen LogP contribution in [0.4, 0.5) is 0 Å². The highest BCUT2D eigenvalue weighted by Crippen LogP contribution is 2.31. The number of piperazine rings is 1. The first-order chi connectivity index (χ1) is 15.9. The molecule has 170 valence electrons. The van der Waals surface area contributed by atoms with Crippen LogP contribution in [0.2, 0.25) is 0 Å². The van der Waals surface area contributed by atoms with Gasteiger partial charge in [-0.25, -0.2) is 13.0 Å². The Morgan fingerprint density at radius 1 is 1.06 bits per heavy atom. The maximum Gasteiger partial charge on any atom is 0.254 e. The molecule has 2 aliphatic rings. The molecule has 0 radical (unpaired) electrons. The van der Waals surface area contributed by atoms with E-state index in [2.05, 4.69) is 15.2 Å². The second kappa shape index (κ2) is 8.57. The number of fused-ring (bicyclic) bond motifs is 3. The smallest absolute Gasteiger partial charge is 0.254 e. The molecule has 2 aliphatic heterocycles. The van der Waals surface area contributed by atoms with E-state index in [1.807, 2.05) is 11.0 Å². The molecule has 1 aromatic heterocycles. The van der Waals surface area contributed by atoms with Crippen LogP contribution in [-0.4, -0.2) is 71.9 Å². The number of rotatable bonds is 6. The quantitative estimate of drug-likeness (QED) is 0.544. The van der Waals surface area contributed by atoms with Crippen LogP contribution in [0, 0.1) is 11.3 Å². The van der Waals surface area contributed by atoms with E-state index in [0.717, 1.165) is 12.8 Å². The number of carbonyl (C=O) groups excluding carboxylic acids is 1. The van der Waals surface area contributed by atoms with Crippen LogP contribution in [0.15, 0.2) is 52.0 Å². The summed E-state index contributed by atoms with van der Waals surface area (Å²) in [4.78, 5) is 17.6. The lowest BCUT2D eigenvalue weighted by Crippen LogP contribution is -2.55. The van der Waals surface area contributed by atoms with Gasteiger partial charge in [0.25, 0.3) is 5.91 Å². The molecule has 3 aromatic rings. The average Bonchev–Trinajstić information content (AvgIpc) is 3.38. The van der Waals surface area contributed by atoms with Gasteiger partial charge in [-0.05, 0) is 78.6 Å². The predicted octanol–water partition coefficient (Wildman–Crippen LogP) is 2.25. The Kier molecular flexibility index (Phi) is 5.60. The normalized spacial score (nSPS) is 20.8. The molecule has 2 aromatic carbocycles. The predicted molar refractivity (Wildman–Crippen MR) is 119 cm³/mol. The van der Waals surface area contributed by atoms with Crippen molar-refractivity contribution >= 4 is 26.8 Å². The van der Waals surface area contributed by atoms with Crippen LogP contribution in [0.1, 0.15) is 35.2 Å². The van der Waals surface area contributed by atoms with Gasteiger partial charge in [-0.1, -0.05) is 0 Å². The first-order valence-corrected chi connectivity index (χ1v) is 12.6. The summed E-state index contributed by atoms with van der Waals surface area (Å²) in [6.45, 7) is 1.95. The van der Waals surface area contributed by atoms with Crippen molar-refractivity contribution in [3.63, 3.8) is 0 Å². The highest BCUT2D eigenvalue weighted by molar-refractivity contribution is 7.91. The highest BCUT2D eigenvalue weighted by atomic mass is 32.2. The third-order valence-corrected chi connectivity index (χ3v) is 8.41. The maximum absolute atomic E-state index is 13.1. The molecule has 2 bridgehead atoms. The van der Waals surface area contributed by atoms with E-state index >= 15 is 0 Å². The van der Waals surface area contributed by atoms with E-state index in [0.29, 0.717) is 48.2 Å². The van der Waals surface area contributed by atoms with Crippen molar-refractivity contribution < 1.29 is 17.8 Å². The molecular weight excluding hydrogens is 442 g/mol. The number of benzene rings is 2. The van der Waals surface area contributed by atoms with Gasteiger partial charge in [0.1, 0.15) is 11.0 Å². The fourth-order valence-electron chi connectivity index (χ4n) is 4.91. The fraction of sp³-hybridized carbons (Fsp3) is 0.391. The van der Waals surface area contributed by atoms with Gasteiger partial charge >= 0.3 is 0 Å². The van der Waals surface area contributed by atoms with Crippen LogP contribution < -0.4 is 0 Å². The van der Waals surface area contributed by atoms with Crippen molar-refractivity contribution in [2.24, 2.45) is 0 Å². The van der Waals surface area contributed by atoms with Crippen molar-refractivity contribution in [2.45, 2.75) is 36.2 Å². The SMILES string of the molecule is N#Cc1ccc(S(=O)(=O)CCCN2C3CCC2CN(C(=O)c2ccc4nonc4c2)C3)cc1. The van der Waals surface area contributed by atoms with Crippen LogP contribution in [0.3, 0.4) is 0 Å². The Labute approximate surface area is 191 Å². The summed E-state index contributed by atoms with van der Waals surface area (Å²) < 4.78 is 30.0. The molecule has 2 atom stereocenters. The first-order valence-electron chi connectivity index (χ1n) is 10.9. The lowest BCUT2D eigenvalue weighted by molar-refractivity contribution is 0.0451. The molecule has 33 heavy (non-hydrogen) atoms. The van der Waals surface area contributed by atoms with Crippen LogP contribution >= 0.6 is 0 Å². The minimum absolute atomic E-state index is 0.0279. The maximum atomic E-state index is 13.1. The standard InChI is InChI=1S/C23H23N5O4S/c24-13-16-2-7-20(8-3-16)33(30,31)11-1-10-28-18-5-6-19(28)15-27(14-18)23(29)17-4-9-21-22(12-17)26-32-25-21/h2-4,7-9,12,18-19H,1,5-6,10-11,14-15H2. The molecule has 2 saturated heterocycles. The number of amides is 1. The summed E-state index contributed by atoms with van der Waals surface area (Å²) in [5, 5.41) is 16.5. The Morgan fingerprint density at radius 2 is 1.76 bits per heavy atom. The Morgan fingerprint density at radius 3 is 2.45 bits per heavy atom. The van der Waals surface area contributed by atoms with E-state index < -0.39 is 9.84 Å². The van der Waals surface area contributed by atoms with E-state index in [1.54, 1.807) is 18.2 Å². The average molecular weight is 466 g/mol. The molecule has 2 fully saturated rings. The summed E-state index contributed by atoms with van der Waals surface area (Å²) in [6, 6.07) is 13.7. The zero-order valence-electron chi connectivity index (χ0n) is 17.9. The molecule has 0 N–H and O–H groups in total. The molecule has 2 unspecified atom stereocenters. The van der Waals surface area contributed by atoms with Gasteiger partial charge in [0, 0.05) is 30.7 Å². The minimum Gasteiger partial charge on any atom is -0.336 e. The van der Waals surface area contributed by atoms with Crippen molar-refractivity contribution in [2.75, 3.05) is 25.4 Å². The molecule has 0 aliphatic carbocycles. The Bertz CT molecular complexity index is 1310. The lowest BCUT2D eigenvalue weighted by atomic mass is 10.1. The van der Waals surface area contributed by atoms with Crippen LogP contribution in [-0.2, 0) is 9.84 Å². The fourth-order valence-corrected chi connectivity index (χ4v) is 6.21. The lowest BCUT2D eigenvalue weighted by Gasteiger charge is -2.41. The molecule has 1 amide bonds. The summed E-state index contributed by atoms with van der Waals surface area (Å²) in [5.74, 6) is 0.0308. The van der Waals surface area contributed by atoms with Crippen LogP contribution in [0.25, 0.3) is 11.0 Å². The molecule has 10 heteroatoms. The number of aromatic nitrogens is 2. The number of sulfone groups is 1. The third-order valence-electron chi connectivity index (χ3n) is 6.59. The largest absolute Gasteiger partial charge is 0.336 e. The van der Waals surface area contributed by atoms with Gasteiger partial charge in [-0.15, -0.1) is 0 Å². The van der Waals surface area contributed by atoms with Crippen molar-refractivity contribution in [1.82, 2.24) is 20.1 Å². The topological polar surface area (TPSA) is 120 Å². The van der Waals surface area contributed by atoms with Gasteiger partial charge in [-0.2, -0.15) is 5.26 Å². The van der Waals surface area contributed by atoms with Gasteiger partial charge < -0.3 is 4.90 Å². The molecular formula is C23H23N5O4S. The highest BCUT2D eigenvalue weighted by Gasteiger charge is 2.41. The summed E-state index contributed by atoms with van der Waals surface area (Å²) in [6.07, 6.45) is 2.53. The first kappa shape index (κ1) is 21.6. The number of carbonyl (C=O) groups is 1. The number of hydrogen-bond acceptors (Lipinski definition) is 8. The molecule has 0 spiro atoms. The van der Waals surface area contributed by atoms with Gasteiger partial charge in [0.15, 0.2) is 9.84 Å². The summed E-state index contributed by atoms with van der Waals surface area (Å²) in [5.41, 5.74) is 2.19. The molecule has 3 heterocycles. The van der Waals surface area contributed by atoms with Gasteiger partial charge in [0.2, 0.25) is 0 Å². The Balaban J connectivity index is 1.19. The van der Waals surface area contributed by atoms with Crippen molar-refractivity contribution in [3.8, 4) is 6.07 Å². The molecule has 9 nitrogen and oxygen atoms in total. The van der Waals surface area contributed by atoms with E-state index in [-0.39, 0.29) is 28.6 Å². The monoisotopic (exact) mass is 465 g/mol. The number of hydrogen-bond donors (Lipinski definition) is 0. The number of likely N-dealkylation sites (tertiary alicyclic amines) is 1. The second-order valence-corrected chi connectivity index (χ2v) is 10.7. The third kappa shape index (κ3) is 4.21.